The molecule has 24 heavy (non-hydrogen) atoms. The van der Waals surface area contributed by atoms with Gasteiger partial charge in [0.25, 0.3) is 5.91 Å². The van der Waals surface area contributed by atoms with Crippen molar-refractivity contribution < 1.29 is 23.6 Å². The second kappa shape index (κ2) is 8.42. The van der Waals surface area contributed by atoms with Crippen molar-refractivity contribution in [2.45, 2.75) is 13.8 Å². The number of hydrogen-bond donors (Lipinski definition) is 2. The van der Waals surface area contributed by atoms with Crippen LogP contribution in [0.15, 0.2) is 35.7 Å². The topological polar surface area (TPSA) is 125 Å². The highest BCUT2D eigenvalue weighted by molar-refractivity contribution is 5.96. The second-order valence-corrected chi connectivity index (χ2v) is 4.58. The van der Waals surface area contributed by atoms with Crippen LogP contribution in [0, 0.1) is 15.9 Å². The molecule has 0 fully saturated rings. The van der Waals surface area contributed by atoms with E-state index in [0.717, 1.165) is 12.1 Å². The molecule has 1 rings (SSSR count). The van der Waals surface area contributed by atoms with Gasteiger partial charge in [0.1, 0.15) is 5.70 Å². The summed E-state index contributed by atoms with van der Waals surface area (Å²) in [5.41, 5.74) is 4.77. The van der Waals surface area contributed by atoms with Crippen molar-refractivity contribution >= 4 is 23.6 Å². The fraction of sp³-hybridized carbons (Fsp3) is 0.200. The van der Waals surface area contributed by atoms with Crippen LogP contribution in [0.5, 0.6) is 0 Å². The molecular formula is C15H16FN3O5. The van der Waals surface area contributed by atoms with Crippen molar-refractivity contribution in [3.05, 3.63) is 57.2 Å². The summed E-state index contributed by atoms with van der Waals surface area (Å²) in [5.74, 6) is -2.48. The average Bonchev–Trinajstić information content (AvgIpc) is 2.50. The van der Waals surface area contributed by atoms with E-state index in [1.54, 1.807) is 6.92 Å². The van der Waals surface area contributed by atoms with E-state index in [1.807, 2.05) is 0 Å². The standard InChI is InChI=1S/C15H16FN3O5/c1-3-24-15(21)9(2)8-18-12(14(17)20)7-10-4-5-13(19(22)23)11(16)6-10/h4-8,18H,3H2,1-2H3,(H2,17,20)/b9-8+,12-7+. The molecule has 0 aliphatic rings. The molecule has 0 aliphatic carbocycles. The Balaban J connectivity index is 3.04. The van der Waals surface area contributed by atoms with Crippen molar-refractivity contribution in [1.82, 2.24) is 5.32 Å². The van der Waals surface area contributed by atoms with E-state index in [9.17, 15) is 24.1 Å². The van der Waals surface area contributed by atoms with Gasteiger partial charge in [-0.1, -0.05) is 0 Å². The molecule has 1 amide bonds. The van der Waals surface area contributed by atoms with Gasteiger partial charge in [-0.15, -0.1) is 0 Å². The summed E-state index contributed by atoms with van der Waals surface area (Å²) in [6.45, 7) is 3.32. The first-order valence-electron chi connectivity index (χ1n) is 6.82. The minimum Gasteiger partial charge on any atom is -0.463 e. The molecule has 3 N–H and O–H groups in total. The maximum atomic E-state index is 13.6. The van der Waals surface area contributed by atoms with Gasteiger partial charge in [-0.25, -0.2) is 4.79 Å². The van der Waals surface area contributed by atoms with Crippen LogP contribution >= 0.6 is 0 Å². The Labute approximate surface area is 136 Å². The van der Waals surface area contributed by atoms with Gasteiger partial charge in [-0.3, -0.25) is 14.9 Å². The Morgan fingerprint density at radius 3 is 2.62 bits per heavy atom. The summed E-state index contributed by atoms with van der Waals surface area (Å²) in [6, 6.07) is 3.12. The number of benzene rings is 1. The monoisotopic (exact) mass is 337 g/mol. The minimum atomic E-state index is -1.05. The van der Waals surface area contributed by atoms with E-state index in [4.69, 9.17) is 10.5 Å². The summed E-state index contributed by atoms with van der Waals surface area (Å²) < 4.78 is 18.3. The molecule has 0 atom stereocenters. The summed E-state index contributed by atoms with van der Waals surface area (Å²) in [6.07, 6.45) is 2.42. The van der Waals surface area contributed by atoms with Crippen LogP contribution in [-0.2, 0) is 14.3 Å². The number of nitro groups is 1. The summed E-state index contributed by atoms with van der Waals surface area (Å²) >= 11 is 0. The van der Waals surface area contributed by atoms with Gasteiger partial charge in [-0.2, -0.15) is 4.39 Å². The number of carbonyl (C=O) groups excluding carboxylic acids is 2. The number of nitrogens with zero attached hydrogens (tertiary/aromatic N) is 1. The van der Waals surface area contributed by atoms with Gasteiger partial charge >= 0.3 is 11.7 Å². The number of amides is 1. The van der Waals surface area contributed by atoms with Gasteiger partial charge in [0, 0.05) is 12.3 Å². The molecule has 128 valence electrons. The number of hydrogen-bond acceptors (Lipinski definition) is 6. The molecule has 0 aromatic heterocycles. The van der Waals surface area contributed by atoms with Crippen LogP contribution in [0.2, 0.25) is 0 Å². The number of esters is 1. The number of ether oxygens (including phenoxy) is 1. The molecule has 0 saturated carbocycles. The third-order valence-corrected chi connectivity index (χ3v) is 2.79. The van der Waals surface area contributed by atoms with E-state index < -0.39 is 28.3 Å². The van der Waals surface area contributed by atoms with Gasteiger partial charge in [0.2, 0.25) is 5.82 Å². The van der Waals surface area contributed by atoms with Crippen molar-refractivity contribution in [2.75, 3.05) is 6.61 Å². The van der Waals surface area contributed by atoms with Crippen molar-refractivity contribution in [1.29, 1.82) is 0 Å². The fourth-order valence-electron chi connectivity index (χ4n) is 1.60. The highest BCUT2D eigenvalue weighted by Gasteiger charge is 2.14. The molecule has 0 heterocycles. The van der Waals surface area contributed by atoms with Gasteiger partial charge < -0.3 is 15.8 Å². The number of nitro benzene ring substituents is 1. The minimum absolute atomic E-state index is 0.132. The van der Waals surface area contributed by atoms with E-state index in [-0.39, 0.29) is 23.4 Å². The third kappa shape index (κ3) is 5.20. The largest absolute Gasteiger partial charge is 0.463 e. The molecule has 0 radical (unpaired) electrons. The summed E-state index contributed by atoms with van der Waals surface area (Å²) in [5, 5.41) is 13.1. The zero-order valence-electron chi connectivity index (χ0n) is 13.0. The Bertz CT molecular complexity index is 728. The lowest BCUT2D eigenvalue weighted by atomic mass is 10.1. The number of rotatable bonds is 7. The molecular weight excluding hydrogens is 321 g/mol. The molecule has 1 aromatic carbocycles. The molecule has 0 aliphatic heterocycles. The SMILES string of the molecule is CCOC(=O)/C(C)=C/N/C(=C/c1ccc([N+](=O)[O-])c(F)c1)C(N)=O. The Hall–Kier alpha value is -3.23. The molecule has 0 spiro atoms. The molecule has 0 bridgehead atoms. The molecule has 9 heteroatoms. The van der Waals surface area contributed by atoms with Crippen LogP contribution in [0.4, 0.5) is 10.1 Å². The number of primary amides is 1. The highest BCUT2D eigenvalue weighted by Crippen LogP contribution is 2.19. The fourth-order valence-corrected chi connectivity index (χ4v) is 1.60. The van der Waals surface area contributed by atoms with Crippen LogP contribution in [-0.4, -0.2) is 23.4 Å². The lowest BCUT2D eigenvalue weighted by Gasteiger charge is -2.06. The maximum Gasteiger partial charge on any atom is 0.335 e. The smallest absolute Gasteiger partial charge is 0.335 e. The Kier molecular flexibility index (Phi) is 6.60. The average molecular weight is 337 g/mol. The number of carbonyl (C=O) groups is 2. The quantitative estimate of drug-likeness (QED) is 0.337. The van der Waals surface area contributed by atoms with Crippen molar-refractivity contribution in [3.63, 3.8) is 0 Å². The van der Waals surface area contributed by atoms with Gasteiger partial charge in [0.15, 0.2) is 0 Å². The van der Waals surface area contributed by atoms with E-state index in [1.165, 1.54) is 25.3 Å². The lowest BCUT2D eigenvalue weighted by Crippen LogP contribution is -2.23. The Morgan fingerprint density at radius 2 is 2.12 bits per heavy atom. The molecule has 8 nitrogen and oxygen atoms in total. The van der Waals surface area contributed by atoms with E-state index >= 15 is 0 Å². The highest BCUT2D eigenvalue weighted by atomic mass is 19.1. The lowest BCUT2D eigenvalue weighted by molar-refractivity contribution is -0.387. The predicted molar refractivity (Wildman–Crippen MR) is 83.8 cm³/mol. The van der Waals surface area contributed by atoms with Gasteiger partial charge in [0.05, 0.1) is 17.1 Å². The second-order valence-electron chi connectivity index (χ2n) is 4.58. The zero-order chi connectivity index (χ0) is 18.3. The molecule has 1 aromatic rings. The van der Waals surface area contributed by atoms with E-state index in [2.05, 4.69) is 5.32 Å². The zero-order valence-corrected chi connectivity index (χ0v) is 13.0. The molecule has 0 saturated heterocycles. The normalized spacial score (nSPS) is 11.8. The van der Waals surface area contributed by atoms with Crippen LogP contribution in [0.3, 0.4) is 0 Å². The number of nitrogens with one attached hydrogen (secondary N) is 1. The van der Waals surface area contributed by atoms with Crippen LogP contribution < -0.4 is 11.1 Å². The van der Waals surface area contributed by atoms with Crippen LogP contribution in [0.1, 0.15) is 19.4 Å². The van der Waals surface area contributed by atoms with Gasteiger partial charge in [-0.05, 0) is 37.6 Å². The van der Waals surface area contributed by atoms with E-state index in [0.29, 0.717) is 0 Å². The molecule has 0 unspecified atom stereocenters. The first-order chi connectivity index (χ1) is 11.3. The van der Waals surface area contributed by atoms with Crippen molar-refractivity contribution in [2.24, 2.45) is 5.73 Å². The number of halogens is 1. The summed E-state index contributed by atoms with van der Waals surface area (Å²) in [7, 11) is 0. The third-order valence-electron chi connectivity index (χ3n) is 2.79. The number of nitrogens with two attached hydrogens (primary N) is 1. The van der Waals surface area contributed by atoms with Crippen LogP contribution in [0.25, 0.3) is 6.08 Å². The first kappa shape index (κ1) is 18.8. The predicted octanol–water partition coefficient (Wildman–Crippen LogP) is 1.62. The Morgan fingerprint density at radius 1 is 1.46 bits per heavy atom. The van der Waals surface area contributed by atoms with Crippen molar-refractivity contribution in [3.8, 4) is 0 Å². The summed E-state index contributed by atoms with van der Waals surface area (Å²) in [4.78, 5) is 32.6. The maximum absolute atomic E-state index is 13.6. The first-order valence-corrected chi connectivity index (χ1v) is 6.82.